The van der Waals surface area contributed by atoms with Crippen molar-refractivity contribution >= 4 is 29.2 Å². The van der Waals surface area contributed by atoms with E-state index in [1.54, 1.807) is 6.21 Å². The lowest BCUT2D eigenvalue weighted by molar-refractivity contribution is 0.884. The lowest BCUT2D eigenvalue weighted by Gasteiger charge is -2.06. The Balaban J connectivity index is 1.58. The van der Waals surface area contributed by atoms with Gasteiger partial charge in [-0.2, -0.15) is 10.2 Å². The zero-order valence-corrected chi connectivity index (χ0v) is 17.3. The van der Waals surface area contributed by atoms with E-state index in [2.05, 4.69) is 41.0 Å². The molecular formula is C24H21N5S. The van der Waals surface area contributed by atoms with Crippen LogP contribution in [0.25, 0.3) is 16.9 Å². The minimum Gasteiger partial charge on any atom is -0.331 e. The van der Waals surface area contributed by atoms with E-state index in [9.17, 15) is 0 Å². The van der Waals surface area contributed by atoms with E-state index in [-0.39, 0.29) is 0 Å². The molecule has 0 saturated heterocycles. The molecule has 0 aliphatic carbocycles. The maximum absolute atomic E-state index is 5.32. The molecule has 0 aliphatic rings. The van der Waals surface area contributed by atoms with Crippen LogP contribution >= 0.6 is 12.2 Å². The quantitative estimate of drug-likeness (QED) is 0.270. The van der Waals surface area contributed by atoms with E-state index < -0.39 is 0 Å². The summed E-state index contributed by atoms with van der Waals surface area (Å²) in [6.07, 6.45) is 3.70. The Morgan fingerprint density at radius 1 is 0.967 bits per heavy atom. The average Bonchev–Trinajstić information content (AvgIpc) is 3.19. The Labute approximate surface area is 181 Å². The molecule has 5 nitrogen and oxygen atoms in total. The Kier molecular flexibility index (Phi) is 5.96. The van der Waals surface area contributed by atoms with Crippen LogP contribution in [0.15, 0.2) is 96.2 Å². The highest BCUT2D eigenvalue weighted by molar-refractivity contribution is 7.80. The summed E-state index contributed by atoms with van der Waals surface area (Å²) in [5.41, 5.74) is 8.72. The number of nitrogens with zero attached hydrogens (tertiary/aromatic N) is 3. The summed E-state index contributed by atoms with van der Waals surface area (Å²) in [5, 5.41) is 12.6. The van der Waals surface area contributed by atoms with Crippen molar-refractivity contribution in [3.05, 3.63) is 102 Å². The number of nitrogens with one attached hydrogen (secondary N) is 2. The van der Waals surface area contributed by atoms with Crippen LogP contribution in [0.4, 0.5) is 5.69 Å². The largest absolute Gasteiger partial charge is 0.331 e. The minimum absolute atomic E-state index is 0.421. The standard InChI is InChI=1S/C24H21N5S/c1-18-9-8-10-19(15-18)23-20(17-29(28-23)22-13-6-3-7-14-22)16-25-27-24(30)26-21-11-4-2-5-12-21/h2-17H,1H3,(H2,26,27,30)/b25-16-. The summed E-state index contributed by atoms with van der Waals surface area (Å²) in [6.45, 7) is 2.07. The van der Waals surface area contributed by atoms with E-state index in [0.29, 0.717) is 5.11 Å². The molecule has 4 aromatic rings. The van der Waals surface area contributed by atoms with Crippen molar-refractivity contribution in [2.45, 2.75) is 6.92 Å². The second-order valence-corrected chi connectivity index (χ2v) is 7.18. The maximum atomic E-state index is 5.32. The normalized spacial score (nSPS) is 10.8. The van der Waals surface area contributed by atoms with Crippen LogP contribution in [0.5, 0.6) is 0 Å². The summed E-state index contributed by atoms with van der Waals surface area (Å²) in [4.78, 5) is 0. The second kappa shape index (κ2) is 9.15. The molecule has 1 aromatic heterocycles. The third-order valence-electron chi connectivity index (χ3n) is 4.46. The number of benzene rings is 3. The van der Waals surface area contributed by atoms with E-state index in [1.165, 1.54) is 5.56 Å². The van der Waals surface area contributed by atoms with Crippen molar-refractivity contribution in [1.29, 1.82) is 0 Å². The van der Waals surface area contributed by atoms with Gasteiger partial charge in [0.05, 0.1) is 11.9 Å². The lowest BCUT2D eigenvalue weighted by atomic mass is 10.1. The molecule has 0 spiro atoms. The smallest absolute Gasteiger partial charge is 0.191 e. The van der Waals surface area contributed by atoms with Gasteiger partial charge in [-0.3, -0.25) is 5.43 Å². The van der Waals surface area contributed by atoms with Crippen molar-refractivity contribution in [2.75, 3.05) is 5.32 Å². The summed E-state index contributed by atoms with van der Waals surface area (Å²) in [6, 6.07) is 28.0. The highest BCUT2D eigenvalue weighted by Gasteiger charge is 2.11. The predicted molar refractivity (Wildman–Crippen MR) is 127 cm³/mol. The van der Waals surface area contributed by atoms with Gasteiger partial charge in [-0.25, -0.2) is 4.68 Å². The summed E-state index contributed by atoms with van der Waals surface area (Å²) in [7, 11) is 0. The van der Waals surface area contributed by atoms with Crippen LogP contribution in [0.3, 0.4) is 0 Å². The molecule has 0 fully saturated rings. The summed E-state index contributed by atoms with van der Waals surface area (Å²) >= 11 is 5.32. The molecule has 0 amide bonds. The Hall–Kier alpha value is -3.77. The van der Waals surface area contributed by atoms with Gasteiger partial charge < -0.3 is 5.32 Å². The third kappa shape index (κ3) is 4.79. The maximum Gasteiger partial charge on any atom is 0.191 e. The molecule has 148 valence electrons. The van der Waals surface area contributed by atoms with Gasteiger partial charge in [0.1, 0.15) is 5.69 Å². The molecule has 30 heavy (non-hydrogen) atoms. The molecule has 0 unspecified atom stereocenters. The van der Waals surface area contributed by atoms with Crippen molar-refractivity contribution in [3.63, 3.8) is 0 Å². The highest BCUT2D eigenvalue weighted by Crippen LogP contribution is 2.23. The summed E-state index contributed by atoms with van der Waals surface area (Å²) in [5.74, 6) is 0. The Morgan fingerprint density at radius 2 is 1.70 bits per heavy atom. The van der Waals surface area contributed by atoms with Crippen molar-refractivity contribution in [2.24, 2.45) is 5.10 Å². The molecule has 6 heteroatoms. The molecule has 0 atom stereocenters. The Morgan fingerprint density at radius 3 is 2.43 bits per heavy atom. The van der Waals surface area contributed by atoms with Crippen LogP contribution in [0.2, 0.25) is 0 Å². The number of aryl methyl sites for hydroxylation is 1. The van der Waals surface area contributed by atoms with Gasteiger partial charge >= 0.3 is 0 Å². The third-order valence-corrected chi connectivity index (χ3v) is 4.65. The van der Waals surface area contributed by atoms with Gasteiger partial charge in [-0.15, -0.1) is 0 Å². The zero-order chi connectivity index (χ0) is 20.8. The van der Waals surface area contributed by atoms with Crippen molar-refractivity contribution < 1.29 is 0 Å². The molecule has 2 N–H and O–H groups in total. The fourth-order valence-corrected chi connectivity index (χ4v) is 3.22. The fraction of sp³-hybridized carbons (Fsp3) is 0.0417. The van der Waals surface area contributed by atoms with Gasteiger partial charge in [0.25, 0.3) is 0 Å². The second-order valence-electron chi connectivity index (χ2n) is 6.77. The average molecular weight is 412 g/mol. The van der Waals surface area contributed by atoms with Crippen molar-refractivity contribution in [1.82, 2.24) is 15.2 Å². The Bertz CT molecular complexity index is 1170. The molecule has 1 heterocycles. The molecule has 0 radical (unpaired) electrons. The molecule has 0 saturated carbocycles. The zero-order valence-electron chi connectivity index (χ0n) is 16.5. The van der Waals surface area contributed by atoms with Crippen LogP contribution in [-0.4, -0.2) is 21.1 Å². The number of hydrogen-bond donors (Lipinski definition) is 2. The lowest BCUT2D eigenvalue weighted by Crippen LogP contribution is -2.23. The number of rotatable bonds is 5. The number of thiocarbonyl (C=S) groups is 1. The molecule has 0 bridgehead atoms. The molecule has 4 rings (SSSR count). The minimum atomic E-state index is 0.421. The van der Waals surface area contributed by atoms with Gasteiger partial charge in [0.2, 0.25) is 0 Å². The van der Waals surface area contributed by atoms with Crippen LogP contribution < -0.4 is 10.7 Å². The molecule has 3 aromatic carbocycles. The highest BCUT2D eigenvalue weighted by atomic mass is 32.1. The van der Waals surface area contributed by atoms with Gasteiger partial charge in [-0.1, -0.05) is 60.2 Å². The summed E-state index contributed by atoms with van der Waals surface area (Å²) < 4.78 is 1.86. The topological polar surface area (TPSA) is 54.2 Å². The van der Waals surface area contributed by atoms with E-state index in [1.807, 2.05) is 77.6 Å². The SMILES string of the molecule is Cc1cccc(-c2nn(-c3ccccc3)cc2/C=N\NC(=S)Nc2ccccc2)c1. The number of hydrogen-bond acceptors (Lipinski definition) is 3. The first-order valence-electron chi connectivity index (χ1n) is 9.56. The number of para-hydroxylation sites is 2. The monoisotopic (exact) mass is 411 g/mol. The van der Waals surface area contributed by atoms with Crippen LogP contribution in [0, 0.1) is 6.92 Å². The van der Waals surface area contributed by atoms with Crippen LogP contribution in [0.1, 0.15) is 11.1 Å². The first-order valence-corrected chi connectivity index (χ1v) is 9.97. The number of hydrazone groups is 1. The van der Waals surface area contributed by atoms with Gasteiger partial charge in [-0.05, 0) is 49.5 Å². The first kappa shape index (κ1) is 19.5. The number of aromatic nitrogens is 2. The van der Waals surface area contributed by atoms with Gasteiger partial charge in [0, 0.05) is 23.0 Å². The molecule has 0 aliphatic heterocycles. The van der Waals surface area contributed by atoms with Gasteiger partial charge in [0.15, 0.2) is 5.11 Å². The van der Waals surface area contributed by atoms with Crippen molar-refractivity contribution in [3.8, 4) is 16.9 Å². The number of anilines is 1. The first-order chi connectivity index (χ1) is 14.7. The van der Waals surface area contributed by atoms with E-state index in [4.69, 9.17) is 17.3 Å². The van der Waals surface area contributed by atoms with E-state index >= 15 is 0 Å². The fourth-order valence-electron chi connectivity index (χ4n) is 3.05. The van der Waals surface area contributed by atoms with Crippen LogP contribution in [-0.2, 0) is 0 Å². The van der Waals surface area contributed by atoms with E-state index in [0.717, 1.165) is 28.2 Å². The molecular weight excluding hydrogens is 390 g/mol. The predicted octanol–water partition coefficient (Wildman–Crippen LogP) is 5.17.